The van der Waals surface area contributed by atoms with Crippen LogP contribution in [-0.4, -0.2) is 49.0 Å². The van der Waals surface area contributed by atoms with Crippen LogP contribution in [0.5, 0.6) is 5.88 Å². The van der Waals surface area contributed by atoms with Crippen LogP contribution < -0.4 is 10.5 Å². The number of nitrogens with zero attached hydrogens (tertiary/aromatic N) is 7. The van der Waals surface area contributed by atoms with Gasteiger partial charge in [-0.25, -0.2) is 0 Å². The Labute approximate surface area is 118 Å². The summed E-state index contributed by atoms with van der Waals surface area (Å²) >= 11 is 0. The lowest BCUT2D eigenvalue weighted by atomic mass is 10.4. The molecule has 0 saturated heterocycles. The summed E-state index contributed by atoms with van der Waals surface area (Å²) in [4.78, 5) is 4.21. The number of methoxy groups -OCH3 is 1. The Morgan fingerprint density at radius 1 is 1.24 bits per heavy atom. The van der Waals surface area contributed by atoms with E-state index in [1.807, 2.05) is 0 Å². The van der Waals surface area contributed by atoms with Crippen LogP contribution in [0.3, 0.4) is 0 Å². The minimum Gasteiger partial charge on any atom is -0.480 e. The summed E-state index contributed by atoms with van der Waals surface area (Å²) in [5.74, 6) is 0.978. The van der Waals surface area contributed by atoms with E-state index in [0.717, 1.165) is 0 Å². The van der Waals surface area contributed by atoms with Crippen LogP contribution in [0.4, 0.5) is 0 Å². The third-order valence-corrected chi connectivity index (χ3v) is 2.62. The first kappa shape index (κ1) is 13.1. The molecular formula is C11H12N8O2. The number of nitrogens with two attached hydrogens (primary N) is 1. The van der Waals surface area contributed by atoms with E-state index >= 15 is 0 Å². The summed E-state index contributed by atoms with van der Waals surface area (Å²) in [6.45, 7) is 1.04. The Kier molecular flexibility index (Phi) is 3.51. The first-order chi connectivity index (χ1) is 10.3. The van der Waals surface area contributed by atoms with Gasteiger partial charge in [-0.3, -0.25) is 4.68 Å². The van der Waals surface area contributed by atoms with Gasteiger partial charge >= 0.3 is 0 Å². The van der Waals surface area contributed by atoms with E-state index < -0.39 is 0 Å². The third-order valence-electron chi connectivity index (χ3n) is 2.62. The molecule has 108 valence electrons. The zero-order valence-corrected chi connectivity index (χ0v) is 11.2. The van der Waals surface area contributed by atoms with Crippen molar-refractivity contribution in [2.24, 2.45) is 5.73 Å². The molecule has 0 aliphatic heterocycles. The van der Waals surface area contributed by atoms with Crippen molar-refractivity contribution in [2.75, 3.05) is 13.7 Å². The van der Waals surface area contributed by atoms with E-state index in [0.29, 0.717) is 36.2 Å². The van der Waals surface area contributed by atoms with Crippen LogP contribution in [0.2, 0.25) is 0 Å². The van der Waals surface area contributed by atoms with Crippen molar-refractivity contribution in [1.82, 2.24) is 35.3 Å². The van der Waals surface area contributed by atoms with Crippen molar-refractivity contribution in [2.45, 2.75) is 6.54 Å². The van der Waals surface area contributed by atoms with Gasteiger partial charge < -0.3 is 15.0 Å². The molecule has 0 bridgehead atoms. The second-order valence-corrected chi connectivity index (χ2v) is 4.04. The zero-order chi connectivity index (χ0) is 14.7. The number of ether oxygens (including phenoxy) is 1. The number of aromatic nitrogens is 7. The van der Waals surface area contributed by atoms with Crippen LogP contribution in [0.1, 0.15) is 0 Å². The molecule has 0 atom stereocenters. The molecule has 2 N–H and O–H groups in total. The van der Waals surface area contributed by atoms with E-state index in [-0.39, 0.29) is 5.89 Å². The quantitative estimate of drug-likeness (QED) is 0.675. The van der Waals surface area contributed by atoms with Crippen molar-refractivity contribution >= 4 is 0 Å². The molecule has 0 unspecified atom stereocenters. The van der Waals surface area contributed by atoms with Crippen LogP contribution in [0.15, 0.2) is 22.9 Å². The van der Waals surface area contributed by atoms with E-state index in [1.165, 1.54) is 7.11 Å². The van der Waals surface area contributed by atoms with E-state index in [9.17, 15) is 0 Å². The fraction of sp³-hybridized carbons (Fsp3) is 0.273. The maximum Gasteiger partial charge on any atom is 0.280 e. The molecule has 10 heteroatoms. The highest BCUT2D eigenvalue weighted by atomic mass is 16.5. The van der Waals surface area contributed by atoms with Gasteiger partial charge in [-0.1, -0.05) is 10.4 Å². The summed E-state index contributed by atoms with van der Waals surface area (Å²) in [5, 5.41) is 19.5. The normalized spacial score (nSPS) is 10.8. The summed E-state index contributed by atoms with van der Waals surface area (Å²) in [7, 11) is 1.51. The van der Waals surface area contributed by atoms with Gasteiger partial charge in [0.2, 0.25) is 11.7 Å². The lowest BCUT2D eigenvalue weighted by Gasteiger charge is -1.96. The topological polar surface area (TPSA) is 131 Å². The molecule has 0 aliphatic rings. The Bertz CT molecular complexity index is 720. The molecule has 0 saturated carbocycles. The molecule has 3 aromatic heterocycles. The standard InChI is InChI=1S/C11H12N8O2/c1-20-9-3-2-7(14-16-9)10-13-11(21-17-10)8-6-19(5-4-12)18-15-8/h2-3,6H,4-5,12H2,1H3. The smallest absolute Gasteiger partial charge is 0.280 e. The number of hydrogen-bond donors (Lipinski definition) is 1. The molecule has 0 amide bonds. The maximum absolute atomic E-state index is 5.45. The molecule has 3 heterocycles. The van der Waals surface area contributed by atoms with Gasteiger partial charge in [-0.05, 0) is 6.07 Å². The van der Waals surface area contributed by atoms with Gasteiger partial charge in [-0.15, -0.1) is 15.3 Å². The maximum atomic E-state index is 5.45. The Balaban J connectivity index is 1.84. The summed E-state index contributed by atoms with van der Waals surface area (Å²) in [6.07, 6.45) is 1.68. The fourth-order valence-corrected chi connectivity index (χ4v) is 1.62. The average Bonchev–Trinajstić information content (AvgIpc) is 3.16. The molecule has 3 aromatic rings. The zero-order valence-electron chi connectivity index (χ0n) is 11.2. The van der Waals surface area contributed by atoms with E-state index in [1.54, 1.807) is 23.0 Å². The number of hydrogen-bond acceptors (Lipinski definition) is 9. The molecule has 0 aromatic carbocycles. The Hall–Kier alpha value is -2.88. The van der Waals surface area contributed by atoms with Crippen molar-refractivity contribution in [3.8, 4) is 29.0 Å². The van der Waals surface area contributed by atoms with Gasteiger partial charge in [0.05, 0.1) is 19.9 Å². The first-order valence-corrected chi connectivity index (χ1v) is 6.12. The SMILES string of the molecule is COc1ccc(-c2noc(-c3cn(CCN)nn3)n2)nn1. The monoisotopic (exact) mass is 288 g/mol. The molecule has 0 spiro atoms. The van der Waals surface area contributed by atoms with E-state index in [4.69, 9.17) is 15.0 Å². The van der Waals surface area contributed by atoms with Crippen LogP contribution >= 0.6 is 0 Å². The van der Waals surface area contributed by atoms with Crippen LogP contribution in [0, 0.1) is 0 Å². The molecular weight excluding hydrogens is 276 g/mol. The highest BCUT2D eigenvalue weighted by molar-refractivity contribution is 5.52. The molecule has 3 rings (SSSR count). The third kappa shape index (κ3) is 2.69. The molecule has 21 heavy (non-hydrogen) atoms. The van der Waals surface area contributed by atoms with Crippen LogP contribution in [0.25, 0.3) is 23.1 Å². The van der Waals surface area contributed by atoms with Gasteiger partial charge in [0, 0.05) is 12.6 Å². The van der Waals surface area contributed by atoms with Gasteiger partial charge in [0.25, 0.3) is 5.89 Å². The Morgan fingerprint density at radius 3 is 2.86 bits per heavy atom. The minimum absolute atomic E-state index is 0.255. The largest absolute Gasteiger partial charge is 0.480 e. The van der Waals surface area contributed by atoms with Crippen molar-refractivity contribution in [3.05, 3.63) is 18.3 Å². The molecule has 0 radical (unpaired) electrons. The second-order valence-electron chi connectivity index (χ2n) is 4.04. The predicted octanol–water partition coefficient (Wildman–Crippen LogP) is -0.248. The summed E-state index contributed by atoms with van der Waals surface area (Å²) in [5.41, 5.74) is 6.39. The average molecular weight is 288 g/mol. The number of rotatable bonds is 5. The molecule has 0 fully saturated rings. The minimum atomic E-state index is 0.255. The van der Waals surface area contributed by atoms with Gasteiger partial charge in [0.1, 0.15) is 5.69 Å². The second kappa shape index (κ2) is 5.63. The lowest BCUT2D eigenvalue weighted by molar-refractivity contribution is 0.392. The van der Waals surface area contributed by atoms with Gasteiger partial charge in [-0.2, -0.15) is 4.98 Å². The summed E-state index contributed by atoms with van der Waals surface area (Å²) < 4.78 is 11.7. The van der Waals surface area contributed by atoms with Gasteiger partial charge in [0.15, 0.2) is 5.69 Å². The molecule has 0 aliphatic carbocycles. The van der Waals surface area contributed by atoms with Crippen molar-refractivity contribution in [1.29, 1.82) is 0 Å². The fourth-order valence-electron chi connectivity index (χ4n) is 1.62. The van der Waals surface area contributed by atoms with E-state index in [2.05, 4.69) is 30.7 Å². The first-order valence-electron chi connectivity index (χ1n) is 6.12. The highest BCUT2D eigenvalue weighted by Gasteiger charge is 2.15. The predicted molar refractivity (Wildman–Crippen MR) is 69.9 cm³/mol. The lowest BCUT2D eigenvalue weighted by Crippen LogP contribution is -2.10. The molecule has 10 nitrogen and oxygen atoms in total. The summed E-state index contributed by atoms with van der Waals surface area (Å²) in [6, 6.07) is 3.35. The highest BCUT2D eigenvalue weighted by Crippen LogP contribution is 2.19. The van der Waals surface area contributed by atoms with Crippen molar-refractivity contribution < 1.29 is 9.26 Å². The van der Waals surface area contributed by atoms with Crippen molar-refractivity contribution in [3.63, 3.8) is 0 Å². The van der Waals surface area contributed by atoms with Crippen LogP contribution in [-0.2, 0) is 6.54 Å². The Morgan fingerprint density at radius 2 is 2.14 bits per heavy atom.